The number of aromatic nitrogens is 1. The maximum absolute atomic E-state index is 6.11. The van der Waals surface area contributed by atoms with Gasteiger partial charge in [-0.15, -0.1) is 0 Å². The van der Waals surface area contributed by atoms with E-state index in [4.69, 9.17) is 14.2 Å². The molecule has 0 spiro atoms. The second-order valence-electron chi connectivity index (χ2n) is 7.15. The van der Waals surface area contributed by atoms with E-state index in [1.54, 1.807) is 7.11 Å². The number of aromatic amines is 1. The maximum Gasteiger partial charge on any atom is 0.161 e. The Bertz CT molecular complexity index is 1090. The molecule has 0 saturated heterocycles. The molecule has 1 aromatic heterocycles. The number of hydrogen-bond acceptors (Lipinski definition) is 4. The van der Waals surface area contributed by atoms with Crippen molar-refractivity contribution in [1.82, 2.24) is 10.3 Å². The minimum absolute atomic E-state index is 0.611. The SMILES string of the molecule is COc1ccccc1OCCNCCCCOc1cccc2[nH]c3ccccc3c12. The van der Waals surface area contributed by atoms with Crippen molar-refractivity contribution < 1.29 is 14.2 Å². The molecule has 0 atom stereocenters. The van der Waals surface area contributed by atoms with Gasteiger partial charge >= 0.3 is 0 Å². The molecule has 0 unspecified atom stereocenters. The van der Waals surface area contributed by atoms with E-state index in [9.17, 15) is 0 Å². The van der Waals surface area contributed by atoms with Crippen LogP contribution in [0.4, 0.5) is 0 Å². The van der Waals surface area contributed by atoms with E-state index in [0.717, 1.165) is 54.2 Å². The normalized spacial score (nSPS) is 11.1. The third-order valence-electron chi connectivity index (χ3n) is 5.10. The molecule has 0 radical (unpaired) electrons. The smallest absolute Gasteiger partial charge is 0.161 e. The third kappa shape index (κ3) is 4.69. The van der Waals surface area contributed by atoms with Crippen molar-refractivity contribution in [2.24, 2.45) is 0 Å². The first-order valence-electron chi connectivity index (χ1n) is 10.5. The number of rotatable bonds is 11. The quantitative estimate of drug-likeness (QED) is 0.339. The number of methoxy groups -OCH3 is 1. The van der Waals surface area contributed by atoms with Gasteiger partial charge in [0, 0.05) is 22.8 Å². The van der Waals surface area contributed by atoms with Gasteiger partial charge in [-0.1, -0.05) is 36.4 Å². The molecule has 4 aromatic rings. The van der Waals surface area contributed by atoms with Gasteiger partial charge < -0.3 is 24.5 Å². The second kappa shape index (κ2) is 10.0. The Morgan fingerprint density at radius 3 is 2.33 bits per heavy atom. The zero-order valence-corrected chi connectivity index (χ0v) is 17.3. The predicted octanol–water partition coefficient (Wildman–Crippen LogP) is 5.16. The molecule has 4 rings (SSSR count). The molecule has 3 aromatic carbocycles. The number of fused-ring (bicyclic) bond motifs is 3. The van der Waals surface area contributed by atoms with E-state index in [2.05, 4.69) is 40.6 Å². The van der Waals surface area contributed by atoms with Crippen LogP contribution < -0.4 is 19.5 Å². The van der Waals surface area contributed by atoms with Gasteiger partial charge in [0.2, 0.25) is 0 Å². The van der Waals surface area contributed by atoms with Gasteiger partial charge in [0.05, 0.1) is 19.2 Å². The Morgan fingerprint density at radius 1 is 0.700 bits per heavy atom. The van der Waals surface area contributed by atoms with Gasteiger partial charge in [-0.05, 0) is 49.7 Å². The molecule has 0 bridgehead atoms. The van der Waals surface area contributed by atoms with Crippen LogP contribution in [0, 0.1) is 0 Å². The lowest BCUT2D eigenvalue weighted by Crippen LogP contribution is -2.22. The summed E-state index contributed by atoms with van der Waals surface area (Å²) in [5.74, 6) is 2.49. The molecular formula is C25H28N2O3. The molecule has 0 amide bonds. The monoisotopic (exact) mass is 404 g/mol. The van der Waals surface area contributed by atoms with Crippen molar-refractivity contribution in [3.05, 3.63) is 66.7 Å². The van der Waals surface area contributed by atoms with Gasteiger partial charge in [-0.25, -0.2) is 0 Å². The molecule has 156 valence electrons. The molecule has 5 heteroatoms. The fourth-order valence-electron chi connectivity index (χ4n) is 3.62. The van der Waals surface area contributed by atoms with Crippen LogP contribution in [0.25, 0.3) is 21.8 Å². The Kier molecular flexibility index (Phi) is 6.72. The first-order valence-corrected chi connectivity index (χ1v) is 10.5. The molecule has 0 saturated carbocycles. The van der Waals surface area contributed by atoms with Crippen molar-refractivity contribution in [3.8, 4) is 17.2 Å². The summed E-state index contributed by atoms with van der Waals surface area (Å²) in [4.78, 5) is 3.46. The number of hydrogen-bond donors (Lipinski definition) is 2. The Hall–Kier alpha value is -3.18. The molecule has 2 N–H and O–H groups in total. The summed E-state index contributed by atoms with van der Waals surface area (Å²) in [6, 6.07) is 22.2. The summed E-state index contributed by atoms with van der Waals surface area (Å²) in [6.45, 7) is 3.06. The number of para-hydroxylation sites is 3. The first-order chi connectivity index (χ1) is 14.9. The number of nitrogens with one attached hydrogen (secondary N) is 2. The topological polar surface area (TPSA) is 55.5 Å². The average Bonchev–Trinajstić information content (AvgIpc) is 3.17. The lowest BCUT2D eigenvalue weighted by molar-refractivity contribution is 0.288. The van der Waals surface area contributed by atoms with E-state index in [1.165, 1.54) is 10.8 Å². The van der Waals surface area contributed by atoms with Crippen LogP contribution in [0.2, 0.25) is 0 Å². The van der Waals surface area contributed by atoms with E-state index in [1.807, 2.05) is 36.4 Å². The highest BCUT2D eigenvalue weighted by molar-refractivity contribution is 6.10. The lowest BCUT2D eigenvalue weighted by atomic mass is 10.1. The molecule has 0 aliphatic rings. The van der Waals surface area contributed by atoms with Gasteiger partial charge in [0.15, 0.2) is 11.5 Å². The third-order valence-corrected chi connectivity index (χ3v) is 5.10. The maximum atomic E-state index is 6.11. The highest BCUT2D eigenvalue weighted by atomic mass is 16.5. The van der Waals surface area contributed by atoms with E-state index in [-0.39, 0.29) is 0 Å². The molecule has 0 aliphatic carbocycles. The van der Waals surface area contributed by atoms with E-state index < -0.39 is 0 Å². The molecule has 1 heterocycles. The summed E-state index contributed by atoms with van der Waals surface area (Å²) < 4.78 is 17.2. The summed E-state index contributed by atoms with van der Waals surface area (Å²) >= 11 is 0. The largest absolute Gasteiger partial charge is 0.493 e. The van der Waals surface area contributed by atoms with Gasteiger partial charge in [-0.3, -0.25) is 0 Å². The van der Waals surface area contributed by atoms with Crippen LogP contribution >= 0.6 is 0 Å². The summed E-state index contributed by atoms with van der Waals surface area (Å²) in [7, 11) is 1.65. The van der Waals surface area contributed by atoms with Crippen molar-refractivity contribution >= 4 is 21.8 Å². The van der Waals surface area contributed by atoms with Crippen molar-refractivity contribution in [2.45, 2.75) is 12.8 Å². The first kappa shape index (κ1) is 20.1. The Morgan fingerprint density at radius 2 is 1.43 bits per heavy atom. The van der Waals surface area contributed by atoms with Crippen molar-refractivity contribution in [3.63, 3.8) is 0 Å². The summed E-state index contributed by atoms with van der Waals surface area (Å²) in [5.41, 5.74) is 2.26. The molecule has 5 nitrogen and oxygen atoms in total. The number of unbranched alkanes of at least 4 members (excludes halogenated alkanes) is 1. The molecule has 0 aliphatic heterocycles. The number of H-pyrrole nitrogens is 1. The lowest BCUT2D eigenvalue weighted by Gasteiger charge is -2.11. The minimum Gasteiger partial charge on any atom is -0.493 e. The van der Waals surface area contributed by atoms with Gasteiger partial charge in [0.1, 0.15) is 12.4 Å². The predicted molar refractivity (Wildman–Crippen MR) is 122 cm³/mol. The fourth-order valence-corrected chi connectivity index (χ4v) is 3.62. The highest BCUT2D eigenvalue weighted by Crippen LogP contribution is 2.33. The van der Waals surface area contributed by atoms with Crippen molar-refractivity contribution in [2.75, 3.05) is 33.4 Å². The zero-order valence-electron chi connectivity index (χ0n) is 17.3. The standard InChI is InChI=1S/C25H28N2O3/c1-28-22-12-4-5-13-23(22)30-18-16-26-15-6-7-17-29-24-14-8-11-21-25(24)19-9-2-3-10-20(19)27-21/h2-5,8-14,26-27H,6-7,15-18H2,1H3. The summed E-state index contributed by atoms with van der Waals surface area (Å²) in [5, 5.41) is 5.79. The summed E-state index contributed by atoms with van der Waals surface area (Å²) in [6.07, 6.45) is 2.05. The molecule has 0 fully saturated rings. The van der Waals surface area contributed by atoms with Crippen LogP contribution in [0.15, 0.2) is 66.7 Å². The van der Waals surface area contributed by atoms with Crippen LogP contribution in [-0.4, -0.2) is 38.4 Å². The zero-order chi connectivity index (χ0) is 20.6. The second-order valence-corrected chi connectivity index (χ2v) is 7.15. The number of benzene rings is 3. The van der Waals surface area contributed by atoms with Gasteiger partial charge in [0.25, 0.3) is 0 Å². The van der Waals surface area contributed by atoms with Gasteiger partial charge in [-0.2, -0.15) is 0 Å². The molecular weight excluding hydrogens is 376 g/mol. The van der Waals surface area contributed by atoms with E-state index in [0.29, 0.717) is 13.2 Å². The fraction of sp³-hybridized carbons (Fsp3) is 0.280. The van der Waals surface area contributed by atoms with Crippen LogP contribution in [0.3, 0.4) is 0 Å². The van der Waals surface area contributed by atoms with Crippen LogP contribution in [-0.2, 0) is 0 Å². The van der Waals surface area contributed by atoms with E-state index >= 15 is 0 Å². The average molecular weight is 405 g/mol. The minimum atomic E-state index is 0.611. The van der Waals surface area contributed by atoms with Crippen molar-refractivity contribution in [1.29, 1.82) is 0 Å². The number of ether oxygens (including phenoxy) is 3. The Balaban J connectivity index is 1.17. The highest BCUT2D eigenvalue weighted by Gasteiger charge is 2.09. The molecule has 30 heavy (non-hydrogen) atoms. The Labute approximate surface area is 177 Å². The van der Waals surface area contributed by atoms with Crippen LogP contribution in [0.1, 0.15) is 12.8 Å². The van der Waals surface area contributed by atoms with Crippen LogP contribution in [0.5, 0.6) is 17.2 Å².